The first-order valence-corrected chi connectivity index (χ1v) is 5.54. The number of hydrogen-bond acceptors (Lipinski definition) is 4. The standard InChI is InChI=1S/C9H14N2OS/c10-7-2-1-3-8(6-7)13-9-11-4-5-12-9/h4-5,7-8H,1-3,6,10H2. The molecule has 0 aromatic carbocycles. The number of oxazole rings is 1. The highest BCUT2D eigenvalue weighted by atomic mass is 32.2. The van der Waals surface area contributed by atoms with E-state index in [-0.39, 0.29) is 0 Å². The van der Waals surface area contributed by atoms with Crippen LogP contribution >= 0.6 is 11.8 Å². The van der Waals surface area contributed by atoms with Gasteiger partial charge in [-0.05, 0) is 19.3 Å². The second-order valence-electron chi connectivity index (χ2n) is 3.46. The summed E-state index contributed by atoms with van der Waals surface area (Å²) in [5.41, 5.74) is 5.89. The molecule has 1 fully saturated rings. The molecule has 2 unspecified atom stereocenters. The van der Waals surface area contributed by atoms with Crippen molar-refractivity contribution in [3.05, 3.63) is 12.5 Å². The molecule has 0 amide bonds. The van der Waals surface area contributed by atoms with Crippen molar-refractivity contribution in [1.29, 1.82) is 0 Å². The van der Waals surface area contributed by atoms with Crippen LogP contribution in [0.15, 0.2) is 22.1 Å². The molecular weight excluding hydrogens is 184 g/mol. The number of nitrogens with two attached hydrogens (primary N) is 1. The van der Waals surface area contributed by atoms with Gasteiger partial charge in [-0.15, -0.1) is 0 Å². The summed E-state index contributed by atoms with van der Waals surface area (Å²) in [6, 6.07) is 0.376. The fourth-order valence-corrected chi connectivity index (χ4v) is 2.85. The van der Waals surface area contributed by atoms with Gasteiger partial charge in [-0.25, -0.2) is 4.98 Å². The molecule has 2 atom stereocenters. The summed E-state index contributed by atoms with van der Waals surface area (Å²) in [6.07, 6.45) is 8.03. The molecule has 0 bridgehead atoms. The summed E-state index contributed by atoms with van der Waals surface area (Å²) in [4.78, 5) is 4.09. The van der Waals surface area contributed by atoms with E-state index in [1.54, 1.807) is 24.2 Å². The first kappa shape index (κ1) is 9.09. The van der Waals surface area contributed by atoms with Crippen LogP contribution in [0, 0.1) is 0 Å². The van der Waals surface area contributed by atoms with Gasteiger partial charge in [-0.3, -0.25) is 0 Å². The Balaban J connectivity index is 1.87. The quantitative estimate of drug-likeness (QED) is 0.790. The maximum absolute atomic E-state index is 5.89. The highest BCUT2D eigenvalue weighted by molar-refractivity contribution is 7.99. The van der Waals surface area contributed by atoms with Crippen molar-refractivity contribution in [3.63, 3.8) is 0 Å². The van der Waals surface area contributed by atoms with Gasteiger partial charge in [-0.2, -0.15) is 0 Å². The summed E-state index contributed by atoms with van der Waals surface area (Å²) in [6.45, 7) is 0. The first-order valence-electron chi connectivity index (χ1n) is 4.66. The van der Waals surface area contributed by atoms with Crippen molar-refractivity contribution >= 4 is 11.8 Å². The minimum absolute atomic E-state index is 0.376. The fourth-order valence-electron chi connectivity index (χ4n) is 1.70. The highest BCUT2D eigenvalue weighted by Crippen LogP contribution is 2.31. The molecule has 0 aliphatic heterocycles. The average molecular weight is 198 g/mol. The van der Waals surface area contributed by atoms with E-state index in [2.05, 4.69) is 4.98 Å². The molecule has 1 saturated carbocycles. The minimum atomic E-state index is 0.376. The van der Waals surface area contributed by atoms with Gasteiger partial charge in [0, 0.05) is 11.3 Å². The Bertz CT molecular complexity index is 250. The van der Waals surface area contributed by atoms with Gasteiger partial charge in [-0.1, -0.05) is 18.2 Å². The molecule has 2 rings (SSSR count). The molecule has 1 aliphatic carbocycles. The lowest BCUT2D eigenvalue weighted by molar-refractivity contribution is 0.433. The third-order valence-electron chi connectivity index (χ3n) is 2.34. The van der Waals surface area contributed by atoms with Crippen LogP contribution in [0.1, 0.15) is 25.7 Å². The highest BCUT2D eigenvalue weighted by Gasteiger charge is 2.21. The van der Waals surface area contributed by atoms with Crippen LogP contribution in [0.25, 0.3) is 0 Å². The number of aromatic nitrogens is 1. The summed E-state index contributed by atoms with van der Waals surface area (Å²) in [5.74, 6) is 0. The van der Waals surface area contributed by atoms with E-state index in [0.717, 1.165) is 11.6 Å². The lowest BCUT2D eigenvalue weighted by Crippen LogP contribution is -2.29. The van der Waals surface area contributed by atoms with Gasteiger partial charge in [0.05, 0.1) is 6.20 Å². The van der Waals surface area contributed by atoms with Crippen LogP contribution in [0.2, 0.25) is 0 Å². The molecule has 1 aromatic heterocycles. The Morgan fingerprint density at radius 3 is 3.15 bits per heavy atom. The number of rotatable bonds is 2. The number of nitrogens with zero attached hydrogens (tertiary/aromatic N) is 1. The molecule has 1 heterocycles. The molecular formula is C9H14N2OS. The zero-order chi connectivity index (χ0) is 9.10. The van der Waals surface area contributed by atoms with Crippen LogP contribution < -0.4 is 5.73 Å². The van der Waals surface area contributed by atoms with Crippen molar-refractivity contribution in [3.8, 4) is 0 Å². The third-order valence-corrected chi connectivity index (χ3v) is 3.51. The van der Waals surface area contributed by atoms with Gasteiger partial charge in [0.25, 0.3) is 5.22 Å². The zero-order valence-electron chi connectivity index (χ0n) is 7.48. The molecule has 4 heteroatoms. The van der Waals surface area contributed by atoms with E-state index < -0.39 is 0 Å². The van der Waals surface area contributed by atoms with E-state index in [0.29, 0.717) is 11.3 Å². The van der Waals surface area contributed by atoms with Crippen molar-refractivity contribution in [2.24, 2.45) is 5.73 Å². The maximum Gasteiger partial charge on any atom is 0.255 e. The Kier molecular flexibility index (Phi) is 2.90. The molecule has 72 valence electrons. The Labute approximate surface area is 82.1 Å². The van der Waals surface area contributed by atoms with Crippen LogP contribution in [-0.4, -0.2) is 16.3 Å². The van der Waals surface area contributed by atoms with Crippen LogP contribution in [-0.2, 0) is 0 Å². The number of thioether (sulfide) groups is 1. The third kappa shape index (κ3) is 2.48. The Hall–Kier alpha value is -0.480. The van der Waals surface area contributed by atoms with Crippen LogP contribution in [0.4, 0.5) is 0 Å². The van der Waals surface area contributed by atoms with E-state index >= 15 is 0 Å². The first-order chi connectivity index (χ1) is 6.34. The molecule has 0 radical (unpaired) electrons. The fraction of sp³-hybridized carbons (Fsp3) is 0.667. The molecule has 13 heavy (non-hydrogen) atoms. The monoisotopic (exact) mass is 198 g/mol. The van der Waals surface area contributed by atoms with Crippen molar-refractivity contribution in [2.45, 2.75) is 42.2 Å². The molecule has 0 saturated heterocycles. The van der Waals surface area contributed by atoms with Gasteiger partial charge in [0.15, 0.2) is 0 Å². The maximum atomic E-state index is 5.89. The smallest absolute Gasteiger partial charge is 0.255 e. The Morgan fingerprint density at radius 2 is 2.46 bits per heavy atom. The van der Waals surface area contributed by atoms with Crippen molar-refractivity contribution in [2.75, 3.05) is 0 Å². The lowest BCUT2D eigenvalue weighted by atomic mass is 9.96. The molecule has 1 aliphatic rings. The normalized spacial score (nSPS) is 29.0. The van der Waals surface area contributed by atoms with Crippen LogP contribution in [0.5, 0.6) is 0 Å². The molecule has 2 N–H and O–H groups in total. The summed E-state index contributed by atoms with van der Waals surface area (Å²) in [5, 5.41) is 1.38. The average Bonchev–Trinajstić information content (AvgIpc) is 2.57. The van der Waals surface area contributed by atoms with Gasteiger partial charge in [0.1, 0.15) is 6.26 Å². The zero-order valence-corrected chi connectivity index (χ0v) is 8.30. The van der Waals surface area contributed by atoms with E-state index in [4.69, 9.17) is 10.2 Å². The molecule has 0 spiro atoms. The molecule has 3 nitrogen and oxygen atoms in total. The topological polar surface area (TPSA) is 52.0 Å². The minimum Gasteiger partial charge on any atom is -0.440 e. The molecule has 1 aromatic rings. The van der Waals surface area contributed by atoms with Gasteiger partial charge >= 0.3 is 0 Å². The van der Waals surface area contributed by atoms with E-state index in [1.807, 2.05) is 0 Å². The van der Waals surface area contributed by atoms with Gasteiger partial charge < -0.3 is 10.2 Å². The van der Waals surface area contributed by atoms with E-state index in [1.165, 1.54) is 19.3 Å². The number of hydrogen-bond donors (Lipinski definition) is 1. The predicted octanol–water partition coefficient (Wildman–Crippen LogP) is 2.04. The van der Waals surface area contributed by atoms with Crippen molar-refractivity contribution < 1.29 is 4.42 Å². The summed E-state index contributed by atoms with van der Waals surface area (Å²) >= 11 is 1.72. The lowest BCUT2D eigenvalue weighted by Gasteiger charge is -2.24. The predicted molar refractivity (Wildman–Crippen MR) is 52.6 cm³/mol. The largest absolute Gasteiger partial charge is 0.440 e. The SMILES string of the molecule is NC1CCCC(Sc2ncco2)C1. The summed E-state index contributed by atoms with van der Waals surface area (Å²) in [7, 11) is 0. The second-order valence-corrected chi connectivity index (χ2v) is 4.72. The Morgan fingerprint density at radius 1 is 1.54 bits per heavy atom. The van der Waals surface area contributed by atoms with Crippen molar-refractivity contribution in [1.82, 2.24) is 4.98 Å². The summed E-state index contributed by atoms with van der Waals surface area (Å²) < 4.78 is 5.18. The van der Waals surface area contributed by atoms with Crippen LogP contribution in [0.3, 0.4) is 0 Å². The van der Waals surface area contributed by atoms with E-state index in [9.17, 15) is 0 Å². The van der Waals surface area contributed by atoms with Gasteiger partial charge in [0.2, 0.25) is 0 Å². The second kappa shape index (κ2) is 4.15.